The molecule has 1 heterocycles. The lowest BCUT2D eigenvalue weighted by Gasteiger charge is -2.14. The fraction of sp³-hybridized carbons (Fsp3) is 0.214. The van der Waals surface area contributed by atoms with Crippen molar-refractivity contribution in [2.24, 2.45) is 5.73 Å². The van der Waals surface area contributed by atoms with Crippen LogP contribution < -0.4 is 20.5 Å². The summed E-state index contributed by atoms with van der Waals surface area (Å²) >= 11 is 1.45. The fourth-order valence-corrected chi connectivity index (χ4v) is 2.44. The minimum absolute atomic E-state index is 0.293. The van der Waals surface area contributed by atoms with E-state index < -0.39 is 6.04 Å². The number of methoxy groups -OCH3 is 2. The number of benzene rings is 1. The Morgan fingerprint density at radius 2 is 2.10 bits per heavy atom. The molecule has 1 aromatic heterocycles. The molecule has 20 heavy (non-hydrogen) atoms. The van der Waals surface area contributed by atoms with Gasteiger partial charge in [0.1, 0.15) is 17.5 Å². The Bertz CT molecular complexity index is 584. The maximum Gasteiger partial charge on any atom is 0.246 e. The molecule has 0 saturated heterocycles. The van der Waals surface area contributed by atoms with Gasteiger partial charge in [0.05, 0.1) is 19.9 Å². The number of amides is 1. The molecule has 1 amide bonds. The van der Waals surface area contributed by atoms with Gasteiger partial charge in [0.15, 0.2) is 0 Å². The van der Waals surface area contributed by atoms with Crippen LogP contribution in [0.5, 0.6) is 11.5 Å². The molecule has 2 aromatic rings. The van der Waals surface area contributed by atoms with Crippen LogP contribution in [-0.4, -0.2) is 20.1 Å². The highest BCUT2D eigenvalue weighted by Gasteiger charge is 2.18. The molecule has 0 aliphatic carbocycles. The average molecular weight is 292 g/mol. The summed E-state index contributed by atoms with van der Waals surface area (Å²) in [6.45, 7) is 0. The summed E-state index contributed by atoms with van der Waals surface area (Å²) in [5.41, 5.74) is 6.45. The predicted octanol–water partition coefficient (Wildman–Crippen LogP) is 2.40. The summed E-state index contributed by atoms with van der Waals surface area (Å²) in [6.07, 6.45) is 0. The molecular formula is C14H16N2O3S. The predicted molar refractivity (Wildman–Crippen MR) is 79.4 cm³/mol. The van der Waals surface area contributed by atoms with Crippen LogP contribution in [0.15, 0.2) is 35.7 Å². The standard InChI is InChI=1S/C14H16N2O3S/c1-18-9-5-6-11(19-2)10(8-9)16-14(17)13(15)12-4-3-7-20-12/h3-8,13H,15H2,1-2H3,(H,16,17). The van der Waals surface area contributed by atoms with Gasteiger partial charge in [-0.25, -0.2) is 0 Å². The largest absolute Gasteiger partial charge is 0.497 e. The topological polar surface area (TPSA) is 73.6 Å². The molecule has 1 unspecified atom stereocenters. The zero-order chi connectivity index (χ0) is 14.5. The number of nitrogens with one attached hydrogen (secondary N) is 1. The van der Waals surface area contributed by atoms with Gasteiger partial charge < -0.3 is 20.5 Å². The molecule has 0 spiro atoms. The first-order valence-corrected chi connectivity index (χ1v) is 6.85. The van der Waals surface area contributed by atoms with Crippen molar-refractivity contribution < 1.29 is 14.3 Å². The molecule has 2 rings (SSSR count). The van der Waals surface area contributed by atoms with Crippen molar-refractivity contribution >= 4 is 22.9 Å². The van der Waals surface area contributed by atoms with E-state index in [-0.39, 0.29) is 5.91 Å². The van der Waals surface area contributed by atoms with Crippen LogP contribution in [0.1, 0.15) is 10.9 Å². The molecular weight excluding hydrogens is 276 g/mol. The zero-order valence-electron chi connectivity index (χ0n) is 11.3. The monoisotopic (exact) mass is 292 g/mol. The van der Waals surface area contributed by atoms with Crippen LogP contribution in [0.4, 0.5) is 5.69 Å². The van der Waals surface area contributed by atoms with Gasteiger partial charge >= 0.3 is 0 Å². The molecule has 6 heteroatoms. The van der Waals surface area contributed by atoms with E-state index in [0.717, 1.165) is 4.88 Å². The highest BCUT2D eigenvalue weighted by atomic mass is 32.1. The summed E-state index contributed by atoms with van der Waals surface area (Å²) in [5, 5.41) is 4.65. The number of carbonyl (C=O) groups is 1. The van der Waals surface area contributed by atoms with Crippen molar-refractivity contribution in [2.45, 2.75) is 6.04 Å². The van der Waals surface area contributed by atoms with Crippen LogP contribution in [0.25, 0.3) is 0 Å². The van der Waals surface area contributed by atoms with Crippen molar-refractivity contribution in [1.29, 1.82) is 0 Å². The molecule has 0 fully saturated rings. The van der Waals surface area contributed by atoms with E-state index in [9.17, 15) is 4.79 Å². The van der Waals surface area contributed by atoms with Crippen LogP contribution in [0.2, 0.25) is 0 Å². The summed E-state index contributed by atoms with van der Waals surface area (Å²) < 4.78 is 10.3. The summed E-state index contributed by atoms with van der Waals surface area (Å²) in [4.78, 5) is 13.0. The second kappa shape index (κ2) is 6.40. The zero-order valence-corrected chi connectivity index (χ0v) is 12.1. The highest BCUT2D eigenvalue weighted by molar-refractivity contribution is 7.10. The number of hydrogen-bond donors (Lipinski definition) is 2. The van der Waals surface area contributed by atoms with Gasteiger partial charge in [-0.3, -0.25) is 4.79 Å². The average Bonchev–Trinajstić information content (AvgIpc) is 3.00. The Balaban J connectivity index is 2.18. The smallest absolute Gasteiger partial charge is 0.246 e. The third-order valence-electron chi connectivity index (χ3n) is 2.80. The van der Waals surface area contributed by atoms with E-state index in [1.165, 1.54) is 18.4 Å². The molecule has 5 nitrogen and oxygen atoms in total. The van der Waals surface area contributed by atoms with Crippen molar-refractivity contribution in [1.82, 2.24) is 0 Å². The number of carbonyl (C=O) groups excluding carboxylic acids is 1. The Morgan fingerprint density at radius 3 is 2.70 bits per heavy atom. The van der Waals surface area contributed by atoms with E-state index in [1.54, 1.807) is 25.3 Å². The Hall–Kier alpha value is -2.05. The molecule has 3 N–H and O–H groups in total. The SMILES string of the molecule is COc1ccc(OC)c(NC(=O)C(N)c2cccs2)c1. The van der Waals surface area contributed by atoms with E-state index in [0.29, 0.717) is 17.2 Å². The molecule has 0 saturated carbocycles. The summed E-state index contributed by atoms with van der Waals surface area (Å²) in [6, 6.07) is 8.17. The van der Waals surface area contributed by atoms with Crippen LogP contribution >= 0.6 is 11.3 Å². The highest BCUT2D eigenvalue weighted by Crippen LogP contribution is 2.29. The second-order valence-electron chi connectivity index (χ2n) is 4.05. The quantitative estimate of drug-likeness (QED) is 0.887. The Labute approximate surface area is 121 Å². The van der Waals surface area contributed by atoms with Gasteiger partial charge in [-0.15, -0.1) is 11.3 Å². The van der Waals surface area contributed by atoms with E-state index >= 15 is 0 Å². The first-order chi connectivity index (χ1) is 9.65. The van der Waals surface area contributed by atoms with Gasteiger partial charge in [-0.2, -0.15) is 0 Å². The number of nitrogens with two attached hydrogens (primary N) is 1. The van der Waals surface area contributed by atoms with Crippen molar-refractivity contribution in [3.8, 4) is 11.5 Å². The van der Waals surface area contributed by atoms with Crippen LogP contribution in [-0.2, 0) is 4.79 Å². The minimum atomic E-state index is -0.703. The fourth-order valence-electron chi connectivity index (χ4n) is 1.72. The number of thiophene rings is 1. The second-order valence-corrected chi connectivity index (χ2v) is 5.03. The summed E-state index contributed by atoms with van der Waals surface area (Å²) in [5.74, 6) is 0.891. The molecule has 1 atom stereocenters. The van der Waals surface area contributed by atoms with E-state index in [2.05, 4.69) is 5.32 Å². The lowest BCUT2D eigenvalue weighted by Crippen LogP contribution is -2.27. The minimum Gasteiger partial charge on any atom is -0.497 e. The third kappa shape index (κ3) is 3.09. The lowest BCUT2D eigenvalue weighted by molar-refractivity contribution is -0.117. The number of anilines is 1. The number of ether oxygens (including phenoxy) is 2. The molecule has 0 aliphatic rings. The molecule has 1 aromatic carbocycles. The molecule has 0 bridgehead atoms. The molecule has 0 radical (unpaired) electrons. The normalized spacial score (nSPS) is 11.8. The van der Waals surface area contributed by atoms with Crippen LogP contribution in [0, 0.1) is 0 Å². The van der Waals surface area contributed by atoms with Crippen LogP contribution in [0.3, 0.4) is 0 Å². The van der Waals surface area contributed by atoms with Gasteiger partial charge in [0, 0.05) is 10.9 Å². The molecule has 106 valence electrons. The molecule has 0 aliphatic heterocycles. The Kier molecular flexibility index (Phi) is 4.60. The maximum atomic E-state index is 12.2. The van der Waals surface area contributed by atoms with Crippen molar-refractivity contribution in [3.05, 3.63) is 40.6 Å². The maximum absolute atomic E-state index is 12.2. The van der Waals surface area contributed by atoms with E-state index in [4.69, 9.17) is 15.2 Å². The van der Waals surface area contributed by atoms with Crippen molar-refractivity contribution in [2.75, 3.05) is 19.5 Å². The van der Waals surface area contributed by atoms with Gasteiger partial charge in [-0.05, 0) is 23.6 Å². The van der Waals surface area contributed by atoms with Gasteiger partial charge in [0.25, 0.3) is 0 Å². The van der Waals surface area contributed by atoms with Gasteiger partial charge in [-0.1, -0.05) is 6.07 Å². The first kappa shape index (κ1) is 14.4. The third-order valence-corrected chi connectivity index (χ3v) is 3.75. The van der Waals surface area contributed by atoms with Crippen molar-refractivity contribution in [3.63, 3.8) is 0 Å². The summed E-state index contributed by atoms with van der Waals surface area (Å²) in [7, 11) is 3.10. The Morgan fingerprint density at radius 1 is 1.30 bits per heavy atom. The van der Waals surface area contributed by atoms with Gasteiger partial charge in [0.2, 0.25) is 5.91 Å². The first-order valence-electron chi connectivity index (χ1n) is 5.97. The van der Waals surface area contributed by atoms with E-state index in [1.807, 2.05) is 17.5 Å². The number of hydrogen-bond acceptors (Lipinski definition) is 5. The number of rotatable bonds is 5. The lowest BCUT2D eigenvalue weighted by atomic mass is 10.2.